The van der Waals surface area contributed by atoms with Gasteiger partial charge in [-0.15, -0.1) is 0 Å². The molecule has 0 saturated heterocycles. The number of rotatable bonds is 4. The van der Waals surface area contributed by atoms with E-state index in [0.29, 0.717) is 29.0 Å². The zero-order chi connectivity index (χ0) is 15.7. The maximum absolute atomic E-state index is 11.2. The number of ether oxygens (including phenoxy) is 1. The Labute approximate surface area is 128 Å². The zero-order valence-corrected chi connectivity index (χ0v) is 12.8. The van der Waals surface area contributed by atoms with Crippen molar-refractivity contribution in [3.63, 3.8) is 0 Å². The summed E-state index contributed by atoms with van der Waals surface area (Å²) < 4.78 is 5.35. The van der Waals surface area contributed by atoms with Gasteiger partial charge in [-0.3, -0.25) is 4.79 Å². The van der Waals surface area contributed by atoms with E-state index in [9.17, 15) is 4.79 Å². The fourth-order valence-electron chi connectivity index (χ4n) is 2.31. The number of aryl methyl sites for hydroxylation is 1. The molecule has 1 saturated carbocycles. The van der Waals surface area contributed by atoms with Gasteiger partial charge in [-0.2, -0.15) is 0 Å². The molecule has 1 amide bonds. The second kappa shape index (κ2) is 5.67. The number of carbonyl (C=O) groups is 1. The first-order valence-corrected chi connectivity index (χ1v) is 7.10. The molecule has 0 bridgehead atoms. The van der Waals surface area contributed by atoms with Crippen LogP contribution in [0.25, 0.3) is 11.4 Å². The lowest BCUT2D eigenvalue weighted by Crippen LogP contribution is -2.09. The summed E-state index contributed by atoms with van der Waals surface area (Å²) in [5, 5.41) is 2.70. The van der Waals surface area contributed by atoms with E-state index in [0.717, 1.165) is 24.1 Å². The molecule has 0 atom stereocenters. The minimum absolute atomic E-state index is 0.154. The molecule has 1 aliphatic carbocycles. The summed E-state index contributed by atoms with van der Waals surface area (Å²) in [6, 6.07) is 0. The molecule has 0 unspecified atom stereocenters. The number of amides is 1. The van der Waals surface area contributed by atoms with E-state index in [1.807, 2.05) is 6.92 Å². The third kappa shape index (κ3) is 2.74. The van der Waals surface area contributed by atoms with Gasteiger partial charge in [-0.05, 0) is 19.8 Å². The molecule has 0 aromatic carbocycles. The van der Waals surface area contributed by atoms with E-state index in [1.54, 1.807) is 13.3 Å². The molecule has 1 N–H and O–H groups in total. The van der Waals surface area contributed by atoms with Crippen LogP contribution in [-0.2, 0) is 4.79 Å². The third-order valence-corrected chi connectivity index (χ3v) is 3.51. The second-order valence-corrected chi connectivity index (χ2v) is 5.29. The Morgan fingerprint density at radius 1 is 1.32 bits per heavy atom. The summed E-state index contributed by atoms with van der Waals surface area (Å²) in [5.74, 6) is 1.26. The van der Waals surface area contributed by atoms with Crippen molar-refractivity contribution in [1.82, 2.24) is 19.9 Å². The van der Waals surface area contributed by atoms with Crippen molar-refractivity contribution in [2.75, 3.05) is 12.4 Å². The standard InChI is InChI=1S/C15H17N5O2/c1-8-11(20-9(2)21)6-16-14(19-8)12-13(10-4-5-10)17-7-18-15(12)22-3/h6-7,10H,4-5H2,1-3H3,(H,20,21). The number of hydrogen-bond donors (Lipinski definition) is 1. The highest BCUT2D eigenvalue weighted by atomic mass is 16.5. The van der Waals surface area contributed by atoms with Crippen molar-refractivity contribution < 1.29 is 9.53 Å². The lowest BCUT2D eigenvalue weighted by atomic mass is 10.1. The minimum atomic E-state index is -0.154. The third-order valence-electron chi connectivity index (χ3n) is 3.51. The molecule has 1 aliphatic rings. The average molecular weight is 299 g/mol. The number of aromatic nitrogens is 4. The van der Waals surface area contributed by atoms with Gasteiger partial charge < -0.3 is 10.1 Å². The van der Waals surface area contributed by atoms with E-state index in [-0.39, 0.29) is 5.91 Å². The minimum Gasteiger partial charge on any atom is -0.480 e. The number of carbonyl (C=O) groups excluding carboxylic acids is 1. The molecule has 7 heteroatoms. The molecule has 0 aliphatic heterocycles. The topological polar surface area (TPSA) is 89.9 Å². The van der Waals surface area contributed by atoms with Crippen LogP contribution in [0.1, 0.15) is 37.1 Å². The van der Waals surface area contributed by atoms with Crippen molar-refractivity contribution >= 4 is 11.6 Å². The van der Waals surface area contributed by atoms with Crippen molar-refractivity contribution in [1.29, 1.82) is 0 Å². The first kappa shape index (κ1) is 14.4. The fourth-order valence-corrected chi connectivity index (χ4v) is 2.31. The normalized spacial score (nSPS) is 13.8. The predicted octanol–water partition coefficient (Wildman–Crippen LogP) is 2.09. The largest absolute Gasteiger partial charge is 0.480 e. The number of methoxy groups -OCH3 is 1. The van der Waals surface area contributed by atoms with Gasteiger partial charge in [0.05, 0.1) is 30.4 Å². The molecule has 2 aromatic heterocycles. The number of anilines is 1. The van der Waals surface area contributed by atoms with Gasteiger partial charge in [0.15, 0.2) is 5.82 Å². The van der Waals surface area contributed by atoms with Gasteiger partial charge in [0.2, 0.25) is 11.8 Å². The van der Waals surface area contributed by atoms with E-state index in [2.05, 4.69) is 25.3 Å². The molecule has 7 nitrogen and oxygen atoms in total. The Morgan fingerprint density at radius 3 is 2.68 bits per heavy atom. The molecule has 2 heterocycles. The Morgan fingerprint density at radius 2 is 2.09 bits per heavy atom. The van der Waals surface area contributed by atoms with Crippen molar-refractivity contribution in [2.45, 2.75) is 32.6 Å². The van der Waals surface area contributed by atoms with Gasteiger partial charge in [-0.1, -0.05) is 0 Å². The van der Waals surface area contributed by atoms with Crippen LogP contribution >= 0.6 is 0 Å². The van der Waals surface area contributed by atoms with Crippen LogP contribution in [0.5, 0.6) is 5.88 Å². The second-order valence-electron chi connectivity index (χ2n) is 5.29. The van der Waals surface area contributed by atoms with Gasteiger partial charge in [0.1, 0.15) is 11.9 Å². The van der Waals surface area contributed by atoms with Crippen LogP contribution in [0.15, 0.2) is 12.5 Å². The molecular weight excluding hydrogens is 282 g/mol. The van der Waals surface area contributed by atoms with Crippen LogP contribution in [0.4, 0.5) is 5.69 Å². The Bertz CT molecular complexity index is 728. The summed E-state index contributed by atoms with van der Waals surface area (Å²) >= 11 is 0. The predicted molar refractivity (Wildman–Crippen MR) is 80.6 cm³/mol. The molecular formula is C15H17N5O2. The first-order valence-electron chi connectivity index (χ1n) is 7.10. The van der Waals surface area contributed by atoms with E-state index in [4.69, 9.17) is 4.74 Å². The summed E-state index contributed by atoms with van der Waals surface area (Å²) in [6.45, 7) is 3.27. The zero-order valence-electron chi connectivity index (χ0n) is 12.8. The van der Waals surface area contributed by atoms with E-state index in [1.165, 1.54) is 13.3 Å². The summed E-state index contributed by atoms with van der Waals surface area (Å²) in [6.07, 6.45) is 5.32. The molecule has 3 rings (SSSR count). The van der Waals surface area contributed by atoms with Crippen molar-refractivity contribution in [2.24, 2.45) is 0 Å². The van der Waals surface area contributed by atoms with Gasteiger partial charge in [-0.25, -0.2) is 19.9 Å². The van der Waals surface area contributed by atoms with Gasteiger partial charge in [0, 0.05) is 12.8 Å². The molecule has 114 valence electrons. The smallest absolute Gasteiger partial charge is 0.227 e. The Kier molecular flexibility index (Phi) is 3.70. The van der Waals surface area contributed by atoms with Crippen LogP contribution in [0, 0.1) is 6.92 Å². The van der Waals surface area contributed by atoms with Crippen LogP contribution in [0.2, 0.25) is 0 Å². The Hall–Kier alpha value is -2.57. The number of hydrogen-bond acceptors (Lipinski definition) is 6. The highest BCUT2D eigenvalue weighted by Crippen LogP contribution is 2.44. The van der Waals surface area contributed by atoms with Gasteiger partial charge >= 0.3 is 0 Å². The lowest BCUT2D eigenvalue weighted by Gasteiger charge is -2.12. The van der Waals surface area contributed by atoms with Crippen LogP contribution < -0.4 is 10.1 Å². The Balaban J connectivity index is 2.07. The summed E-state index contributed by atoms with van der Waals surface area (Å²) in [4.78, 5) is 28.6. The molecule has 22 heavy (non-hydrogen) atoms. The number of nitrogens with one attached hydrogen (secondary N) is 1. The molecule has 0 spiro atoms. The highest BCUT2D eigenvalue weighted by Gasteiger charge is 2.31. The van der Waals surface area contributed by atoms with Gasteiger partial charge in [0.25, 0.3) is 0 Å². The lowest BCUT2D eigenvalue weighted by molar-refractivity contribution is -0.114. The summed E-state index contributed by atoms with van der Waals surface area (Å²) in [7, 11) is 1.57. The molecule has 2 aromatic rings. The van der Waals surface area contributed by atoms with Crippen LogP contribution in [-0.4, -0.2) is 33.0 Å². The fraction of sp³-hybridized carbons (Fsp3) is 0.400. The molecule has 1 fully saturated rings. The monoisotopic (exact) mass is 299 g/mol. The quantitative estimate of drug-likeness (QED) is 0.929. The van der Waals surface area contributed by atoms with Crippen molar-refractivity contribution in [3.05, 3.63) is 23.9 Å². The maximum atomic E-state index is 11.2. The maximum Gasteiger partial charge on any atom is 0.227 e. The van der Waals surface area contributed by atoms with Crippen molar-refractivity contribution in [3.8, 4) is 17.3 Å². The number of nitrogens with zero attached hydrogens (tertiary/aromatic N) is 4. The van der Waals surface area contributed by atoms with Crippen LogP contribution in [0.3, 0.4) is 0 Å². The summed E-state index contributed by atoms with van der Waals surface area (Å²) in [5.41, 5.74) is 2.95. The van der Waals surface area contributed by atoms with E-state index >= 15 is 0 Å². The molecule has 0 radical (unpaired) electrons. The van der Waals surface area contributed by atoms with E-state index < -0.39 is 0 Å². The highest BCUT2D eigenvalue weighted by molar-refractivity contribution is 5.89. The SMILES string of the molecule is COc1ncnc(C2CC2)c1-c1ncc(NC(C)=O)c(C)n1. The average Bonchev–Trinajstić information content (AvgIpc) is 3.33. The first-order chi connectivity index (χ1) is 10.6.